The standard InChI is InChI=1S/C23H22FN3O4/c24-17-8-5-15(6-9-17)13-25-21(28)14-31-23(30)16-7-10-18-19(12-16)26-20-4-2-1-3-11-27(20)22(18)29/h5-10,12H,1-4,11,13-14H2,(H,25,28). The molecule has 0 bridgehead atoms. The minimum Gasteiger partial charge on any atom is -0.452 e. The van der Waals surface area contributed by atoms with Crippen LogP contribution >= 0.6 is 0 Å². The summed E-state index contributed by atoms with van der Waals surface area (Å²) in [6.07, 6.45) is 3.72. The summed E-state index contributed by atoms with van der Waals surface area (Å²) in [4.78, 5) is 41.7. The van der Waals surface area contributed by atoms with E-state index in [1.807, 2.05) is 0 Å². The van der Waals surface area contributed by atoms with E-state index in [9.17, 15) is 18.8 Å². The van der Waals surface area contributed by atoms with Gasteiger partial charge in [-0.1, -0.05) is 18.6 Å². The highest BCUT2D eigenvalue weighted by molar-refractivity contribution is 5.95. The van der Waals surface area contributed by atoms with E-state index >= 15 is 0 Å². The van der Waals surface area contributed by atoms with Crippen LogP contribution in [0.2, 0.25) is 0 Å². The molecule has 1 N–H and O–H groups in total. The molecule has 0 unspecified atom stereocenters. The summed E-state index contributed by atoms with van der Waals surface area (Å²) >= 11 is 0. The van der Waals surface area contributed by atoms with E-state index in [4.69, 9.17) is 4.74 Å². The first-order valence-corrected chi connectivity index (χ1v) is 10.2. The number of carbonyl (C=O) groups excluding carboxylic acids is 2. The second kappa shape index (κ2) is 9.07. The molecule has 160 valence electrons. The van der Waals surface area contributed by atoms with Gasteiger partial charge in [0.1, 0.15) is 11.6 Å². The van der Waals surface area contributed by atoms with E-state index in [0.717, 1.165) is 37.1 Å². The molecule has 2 aromatic carbocycles. The molecule has 0 spiro atoms. The highest BCUT2D eigenvalue weighted by atomic mass is 19.1. The van der Waals surface area contributed by atoms with Gasteiger partial charge in [-0.15, -0.1) is 0 Å². The Bertz CT molecular complexity index is 1190. The minimum atomic E-state index is -0.671. The Hall–Kier alpha value is -3.55. The van der Waals surface area contributed by atoms with Crippen LogP contribution < -0.4 is 10.9 Å². The molecule has 8 heteroatoms. The van der Waals surface area contributed by atoms with Gasteiger partial charge in [-0.05, 0) is 48.7 Å². The number of carbonyl (C=O) groups is 2. The number of fused-ring (bicyclic) bond motifs is 2. The number of amides is 1. The summed E-state index contributed by atoms with van der Waals surface area (Å²) in [5, 5.41) is 3.07. The van der Waals surface area contributed by atoms with E-state index in [2.05, 4.69) is 10.3 Å². The number of aryl methyl sites for hydroxylation is 1. The average molecular weight is 423 g/mol. The summed E-state index contributed by atoms with van der Waals surface area (Å²) in [6, 6.07) is 10.4. The summed E-state index contributed by atoms with van der Waals surface area (Å²) in [5.41, 5.74) is 1.31. The first-order chi connectivity index (χ1) is 15.0. The maximum atomic E-state index is 12.9. The topological polar surface area (TPSA) is 90.3 Å². The quantitative estimate of drug-likeness (QED) is 0.638. The smallest absolute Gasteiger partial charge is 0.338 e. The fraction of sp³-hybridized carbons (Fsp3) is 0.304. The fourth-order valence-corrected chi connectivity index (χ4v) is 3.61. The van der Waals surface area contributed by atoms with E-state index in [-0.39, 0.29) is 23.5 Å². The molecular weight excluding hydrogens is 401 g/mol. The lowest BCUT2D eigenvalue weighted by atomic mass is 10.1. The number of halogens is 1. The zero-order valence-corrected chi connectivity index (χ0v) is 16.9. The van der Waals surface area contributed by atoms with Crippen molar-refractivity contribution in [1.29, 1.82) is 0 Å². The fourth-order valence-electron chi connectivity index (χ4n) is 3.61. The molecule has 0 radical (unpaired) electrons. The van der Waals surface area contributed by atoms with Gasteiger partial charge in [-0.2, -0.15) is 0 Å². The van der Waals surface area contributed by atoms with Gasteiger partial charge in [0.25, 0.3) is 11.5 Å². The largest absolute Gasteiger partial charge is 0.452 e. The number of hydrogen-bond acceptors (Lipinski definition) is 5. The van der Waals surface area contributed by atoms with Crippen molar-refractivity contribution in [3.63, 3.8) is 0 Å². The molecule has 1 amide bonds. The number of nitrogens with zero attached hydrogens (tertiary/aromatic N) is 2. The lowest BCUT2D eigenvalue weighted by molar-refractivity contribution is -0.124. The Labute approximate surface area is 177 Å². The van der Waals surface area contributed by atoms with Crippen molar-refractivity contribution in [2.24, 2.45) is 0 Å². The molecular formula is C23H22FN3O4. The van der Waals surface area contributed by atoms with Gasteiger partial charge >= 0.3 is 5.97 Å². The number of hydrogen-bond donors (Lipinski definition) is 1. The molecule has 0 saturated carbocycles. The molecule has 0 fully saturated rings. The van der Waals surface area contributed by atoms with Gasteiger partial charge in [0, 0.05) is 19.5 Å². The van der Waals surface area contributed by atoms with Gasteiger partial charge in [0.15, 0.2) is 6.61 Å². The summed E-state index contributed by atoms with van der Waals surface area (Å²) in [5.74, 6) is -0.760. The summed E-state index contributed by atoms with van der Waals surface area (Å²) < 4.78 is 19.7. The molecule has 31 heavy (non-hydrogen) atoms. The van der Waals surface area contributed by atoms with Crippen LogP contribution in [0.15, 0.2) is 47.3 Å². The molecule has 7 nitrogen and oxygen atoms in total. The van der Waals surface area contributed by atoms with Crippen LogP contribution in [-0.4, -0.2) is 28.0 Å². The van der Waals surface area contributed by atoms with Crippen LogP contribution in [0.3, 0.4) is 0 Å². The van der Waals surface area contributed by atoms with Crippen molar-refractivity contribution in [3.05, 3.63) is 75.6 Å². The maximum Gasteiger partial charge on any atom is 0.338 e. The molecule has 0 atom stereocenters. The third-order valence-electron chi connectivity index (χ3n) is 5.29. The maximum absolute atomic E-state index is 12.9. The van der Waals surface area contributed by atoms with Gasteiger partial charge in [0.05, 0.1) is 16.5 Å². The molecule has 1 aliphatic heterocycles. The van der Waals surface area contributed by atoms with Crippen LogP contribution in [0.4, 0.5) is 4.39 Å². The number of ether oxygens (including phenoxy) is 1. The highest BCUT2D eigenvalue weighted by Crippen LogP contribution is 2.17. The van der Waals surface area contributed by atoms with Crippen LogP contribution in [0, 0.1) is 5.82 Å². The van der Waals surface area contributed by atoms with Crippen molar-refractivity contribution in [3.8, 4) is 0 Å². The number of esters is 1. The zero-order chi connectivity index (χ0) is 21.8. The Balaban J connectivity index is 1.41. The number of nitrogens with one attached hydrogen (secondary N) is 1. The lowest BCUT2D eigenvalue weighted by Gasteiger charge is -2.11. The number of rotatable bonds is 5. The van der Waals surface area contributed by atoms with Gasteiger partial charge in [-0.3, -0.25) is 14.2 Å². The lowest BCUT2D eigenvalue weighted by Crippen LogP contribution is -2.28. The molecule has 4 rings (SSSR count). The molecule has 1 aromatic heterocycles. The molecule has 0 saturated heterocycles. The third-order valence-corrected chi connectivity index (χ3v) is 5.29. The molecule has 1 aliphatic rings. The summed E-state index contributed by atoms with van der Waals surface area (Å²) in [6.45, 7) is 0.415. The first kappa shape index (κ1) is 20.7. The van der Waals surface area contributed by atoms with Crippen molar-refractivity contribution in [2.45, 2.75) is 38.8 Å². The van der Waals surface area contributed by atoms with Crippen molar-refractivity contribution in [2.75, 3.05) is 6.61 Å². The monoisotopic (exact) mass is 423 g/mol. The molecule has 0 aliphatic carbocycles. The van der Waals surface area contributed by atoms with E-state index < -0.39 is 18.5 Å². The Kier molecular flexibility index (Phi) is 6.06. The van der Waals surface area contributed by atoms with E-state index in [1.165, 1.54) is 24.3 Å². The van der Waals surface area contributed by atoms with Gasteiger partial charge < -0.3 is 10.1 Å². The highest BCUT2D eigenvalue weighted by Gasteiger charge is 2.16. The minimum absolute atomic E-state index is 0.0954. The third kappa shape index (κ3) is 4.79. The Morgan fingerprint density at radius 3 is 2.71 bits per heavy atom. The normalized spacial score (nSPS) is 13.3. The predicted octanol–water partition coefficient (Wildman–Crippen LogP) is 2.74. The zero-order valence-electron chi connectivity index (χ0n) is 16.9. The van der Waals surface area contributed by atoms with Crippen LogP contribution in [0.1, 0.15) is 41.0 Å². The van der Waals surface area contributed by atoms with Crippen molar-refractivity contribution >= 4 is 22.8 Å². The van der Waals surface area contributed by atoms with Crippen LogP contribution in [0.5, 0.6) is 0 Å². The molecule has 3 aromatic rings. The summed E-state index contributed by atoms with van der Waals surface area (Å²) in [7, 11) is 0. The van der Waals surface area contributed by atoms with E-state index in [0.29, 0.717) is 17.4 Å². The Morgan fingerprint density at radius 2 is 1.90 bits per heavy atom. The predicted molar refractivity (Wildman–Crippen MR) is 112 cm³/mol. The SMILES string of the molecule is O=C(COC(=O)c1ccc2c(=O)n3c(nc2c1)CCCCC3)NCc1ccc(F)cc1. The molecule has 2 heterocycles. The second-order valence-corrected chi connectivity index (χ2v) is 7.51. The van der Waals surface area contributed by atoms with Crippen molar-refractivity contribution < 1.29 is 18.7 Å². The van der Waals surface area contributed by atoms with Crippen LogP contribution in [0.25, 0.3) is 10.9 Å². The van der Waals surface area contributed by atoms with Crippen molar-refractivity contribution in [1.82, 2.24) is 14.9 Å². The number of aromatic nitrogens is 2. The van der Waals surface area contributed by atoms with Crippen LogP contribution in [-0.2, 0) is 29.0 Å². The Morgan fingerprint density at radius 1 is 1.10 bits per heavy atom. The van der Waals surface area contributed by atoms with Gasteiger partial charge in [-0.25, -0.2) is 14.2 Å². The second-order valence-electron chi connectivity index (χ2n) is 7.51. The average Bonchev–Trinajstić information content (AvgIpc) is 3.02. The van der Waals surface area contributed by atoms with Gasteiger partial charge in [0.2, 0.25) is 0 Å². The van der Waals surface area contributed by atoms with E-state index in [1.54, 1.807) is 22.8 Å². The first-order valence-electron chi connectivity index (χ1n) is 10.2. The number of benzene rings is 2.